The van der Waals surface area contributed by atoms with Crippen molar-refractivity contribution in [3.8, 4) is 0 Å². The standard InChI is InChI=1S/C13H8ClNSe2/c1-15-11-4-8-13(9-5-11)17-16-12-6-2-10(14)3-7-12/h2-9H. The molecule has 2 aromatic rings. The fourth-order valence-corrected chi connectivity index (χ4v) is 7.25. The average molecular weight is 372 g/mol. The molecule has 0 spiro atoms. The molecule has 0 aliphatic heterocycles. The van der Waals surface area contributed by atoms with E-state index >= 15 is 0 Å². The topological polar surface area (TPSA) is 4.36 Å². The quantitative estimate of drug-likeness (QED) is 0.575. The van der Waals surface area contributed by atoms with Crippen LogP contribution in [0.3, 0.4) is 0 Å². The van der Waals surface area contributed by atoms with Gasteiger partial charge in [-0.25, -0.2) is 0 Å². The first-order chi connectivity index (χ1) is 8.28. The summed E-state index contributed by atoms with van der Waals surface area (Å²) in [5, 5.41) is 0.790. The van der Waals surface area contributed by atoms with Crippen molar-refractivity contribution < 1.29 is 0 Å². The van der Waals surface area contributed by atoms with Gasteiger partial charge in [0.05, 0.1) is 0 Å². The Bertz CT molecular complexity index is 529. The van der Waals surface area contributed by atoms with E-state index in [1.54, 1.807) is 0 Å². The van der Waals surface area contributed by atoms with Gasteiger partial charge in [0.2, 0.25) is 0 Å². The van der Waals surface area contributed by atoms with Gasteiger partial charge in [-0.1, -0.05) is 0 Å². The Hall–Kier alpha value is -0.741. The van der Waals surface area contributed by atoms with Crippen molar-refractivity contribution in [1.82, 2.24) is 0 Å². The first-order valence-corrected chi connectivity index (χ1v) is 11.3. The van der Waals surface area contributed by atoms with Gasteiger partial charge in [0, 0.05) is 0 Å². The number of hydrogen-bond donors (Lipinski definition) is 0. The second-order valence-corrected chi connectivity index (χ2v) is 9.97. The fourth-order valence-electron chi connectivity index (χ4n) is 1.16. The Morgan fingerprint density at radius 1 is 0.824 bits per heavy atom. The Kier molecular flexibility index (Phi) is 4.68. The Morgan fingerprint density at radius 3 is 1.76 bits per heavy atom. The number of hydrogen-bond acceptors (Lipinski definition) is 0. The molecule has 4 heteroatoms. The van der Waals surface area contributed by atoms with Crippen molar-refractivity contribution in [1.29, 1.82) is 0 Å². The van der Waals surface area contributed by atoms with Crippen LogP contribution in [0.5, 0.6) is 0 Å². The summed E-state index contributed by atoms with van der Waals surface area (Å²) in [4.78, 5) is 3.39. The number of rotatable bonds is 3. The van der Waals surface area contributed by atoms with Gasteiger partial charge in [-0.05, 0) is 0 Å². The summed E-state index contributed by atoms with van der Waals surface area (Å²) in [6, 6.07) is 16.0. The summed E-state index contributed by atoms with van der Waals surface area (Å²) in [7, 11) is 0. The van der Waals surface area contributed by atoms with Crippen LogP contribution in [-0.2, 0) is 0 Å². The van der Waals surface area contributed by atoms with Crippen LogP contribution < -0.4 is 8.92 Å². The van der Waals surface area contributed by atoms with Crippen molar-refractivity contribution in [2.45, 2.75) is 0 Å². The number of benzene rings is 2. The van der Waals surface area contributed by atoms with Crippen molar-refractivity contribution in [2.75, 3.05) is 0 Å². The molecule has 0 bridgehead atoms. The molecule has 0 aliphatic carbocycles. The van der Waals surface area contributed by atoms with E-state index < -0.39 is 0 Å². The fraction of sp³-hybridized carbons (Fsp3) is 0. The molecule has 0 heterocycles. The molecule has 2 aromatic carbocycles. The third-order valence-corrected chi connectivity index (χ3v) is 9.49. The molecule has 0 aromatic heterocycles. The normalized spacial score (nSPS) is 9.88. The van der Waals surface area contributed by atoms with Crippen molar-refractivity contribution >= 4 is 52.5 Å². The summed E-state index contributed by atoms with van der Waals surface area (Å²) in [6.45, 7) is 6.89. The summed E-state index contributed by atoms with van der Waals surface area (Å²) in [5.41, 5.74) is 0.712. The van der Waals surface area contributed by atoms with Crippen LogP contribution in [-0.4, -0.2) is 26.3 Å². The molecule has 0 N–H and O–H groups in total. The molecule has 84 valence electrons. The number of nitrogens with zero attached hydrogens (tertiary/aromatic N) is 1. The van der Waals surface area contributed by atoms with E-state index in [0.29, 0.717) is 32.0 Å². The van der Waals surface area contributed by atoms with Crippen molar-refractivity contribution in [3.63, 3.8) is 0 Å². The molecule has 0 amide bonds. The first-order valence-electron chi connectivity index (χ1n) is 4.85. The van der Waals surface area contributed by atoms with E-state index in [0.717, 1.165) is 5.02 Å². The van der Waals surface area contributed by atoms with Gasteiger partial charge < -0.3 is 0 Å². The van der Waals surface area contributed by atoms with E-state index in [1.807, 2.05) is 24.3 Å². The van der Waals surface area contributed by atoms with Crippen LogP contribution in [0.15, 0.2) is 48.5 Å². The molecule has 0 radical (unpaired) electrons. The monoisotopic (exact) mass is 373 g/mol. The summed E-state index contributed by atoms with van der Waals surface area (Å²) in [6.07, 6.45) is 0. The van der Waals surface area contributed by atoms with Gasteiger partial charge in [-0.2, -0.15) is 0 Å². The zero-order valence-corrected chi connectivity index (χ0v) is 12.9. The SMILES string of the molecule is [C-]#[N+]c1ccc([Se][Se]c2ccc(Cl)cc2)cc1. The molecular formula is C13H8ClNSe2. The van der Waals surface area contributed by atoms with Crippen LogP contribution >= 0.6 is 11.6 Å². The van der Waals surface area contributed by atoms with E-state index in [1.165, 1.54) is 8.92 Å². The van der Waals surface area contributed by atoms with Crippen molar-refractivity contribution in [2.24, 2.45) is 0 Å². The van der Waals surface area contributed by atoms with Crippen LogP contribution in [0.2, 0.25) is 5.02 Å². The molecular weight excluding hydrogens is 364 g/mol. The van der Waals surface area contributed by atoms with Gasteiger partial charge in [0.1, 0.15) is 0 Å². The maximum absolute atomic E-state index is 6.89. The van der Waals surface area contributed by atoms with Crippen LogP contribution in [0.25, 0.3) is 4.85 Å². The van der Waals surface area contributed by atoms with E-state index in [4.69, 9.17) is 18.2 Å². The Balaban J connectivity index is 1.98. The van der Waals surface area contributed by atoms with E-state index in [9.17, 15) is 0 Å². The molecule has 0 saturated carbocycles. The van der Waals surface area contributed by atoms with Gasteiger partial charge in [0.15, 0.2) is 0 Å². The third-order valence-electron chi connectivity index (χ3n) is 2.01. The average Bonchev–Trinajstić information content (AvgIpc) is 2.39. The summed E-state index contributed by atoms with van der Waals surface area (Å²) in [5.74, 6) is 0. The van der Waals surface area contributed by atoms with Gasteiger partial charge >= 0.3 is 117 Å². The van der Waals surface area contributed by atoms with Gasteiger partial charge in [-0.15, -0.1) is 0 Å². The van der Waals surface area contributed by atoms with Crippen molar-refractivity contribution in [3.05, 3.63) is 65.0 Å². The Morgan fingerprint density at radius 2 is 1.29 bits per heavy atom. The molecule has 1 nitrogen and oxygen atoms in total. The summed E-state index contributed by atoms with van der Waals surface area (Å²) >= 11 is 6.80. The molecule has 0 atom stereocenters. The van der Waals surface area contributed by atoms with Crippen LogP contribution in [0.1, 0.15) is 0 Å². The van der Waals surface area contributed by atoms with Crippen LogP contribution in [0.4, 0.5) is 5.69 Å². The molecule has 0 aliphatic rings. The molecule has 2 rings (SSSR count). The molecule has 0 saturated heterocycles. The van der Waals surface area contributed by atoms with E-state index in [-0.39, 0.29) is 0 Å². The van der Waals surface area contributed by atoms with Crippen LogP contribution in [0, 0.1) is 6.57 Å². The summed E-state index contributed by atoms with van der Waals surface area (Å²) < 4.78 is 2.72. The molecule has 0 unspecified atom stereocenters. The molecule has 0 fully saturated rings. The number of halogens is 1. The third kappa shape index (κ3) is 3.89. The molecule has 17 heavy (non-hydrogen) atoms. The zero-order chi connectivity index (χ0) is 12.1. The predicted octanol–water partition coefficient (Wildman–Crippen LogP) is 2.16. The van der Waals surface area contributed by atoms with Gasteiger partial charge in [-0.3, -0.25) is 0 Å². The maximum atomic E-state index is 6.89. The second kappa shape index (κ2) is 6.26. The van der Waals surface area contributed by atoms with Gasteiger partial charge in [0.25, 0.3) is 0 Å². The predicted molar refractivity (Wildman–Crippen MR) is 74.9 cm³/mol. The second-order valence-electron chi connectivity index (χ2n) is 3.23. The zero-order valence-electron chi connectivity index (χ0n) is 8.76. The Labute approximate surface area is 117 Å². The minimum atomic E-state index is 0.474. The van der Waals surface area contributed by atoms with E-state index in [2.05, 4.69) is 29.1 Å². The first kappa shape index (κ1) is 12.7. The minimum absolute atomic E-state index is 0.474.